The van der Waals surface area contributed by atoms with Crippen molar-refractivity contribution < 1.29 is 0 Å². The van der Waals surface area contributed by atoms with Crippen molar-refractivity contribution in [1.82, 2.24) is 29.4 Å². The number of H-pyrrole nitrogens is 1. The first-order valence-electron chi connectivity index (χ1n) is 5.09. The van der Waals surface area contributed by atoms with Crippen LogP contribution in [0.2, 0.25) is 0 Å². The zero-order chi connectivity index (χ0) is 12.0. The van der Waals surface area contributed by atoms with Crippen LogP contribution in [0, 0.1) is 6.92 Å². The molecule has 7 heteroatoms. The molecule has 0 saturated heterocycles. The molecule has 0 aromatic carbocycles. The van der Waals surface area contributed by atoms with E-state index in [0.29, 0.717) is 17.3 Å². The maximum atomic E-state index is 11.5. The van der Waals surface area contributed by atoms with Crippen LogP contribution >= 0.6 is 0 Å². The summed E-state index contributed by atoms with van der Waals surface area (Å²) in [5, 5.41) is 8.32. The molecule has 0 radical (unpaired) electrons. The van der Waals surface area contributed by atoms with Crippen molar-refractivity contribution in [1.29, 1.82) is 0 Å². The Kier molecular flexibility index (Phi) is 1.88. The number of nitrogens with zero attached hydrogens (tertiary/aromatic N) is 5. The van der Waals surface area contributed by atoms with E-state index in [4.69, 9.17) is 0 Å². The van der Waals surface area contributed by atoms with Gasteiger partial charge in [0, 0.05) is 24.9 Å². The normalized spacial score (nSPS) is 11.2. The Labute approximate surface area is 95.7 Å². The zero-order valence-electron chi connectivity index (χ0n) is 9.38. The molecule has 3 heterocycles. The molecular weight excluding hydrogens is 220 g/mol. The second-order valence-corrected chi connectivity index (χ2v) is 3.82. The Morgan fingerprint density at radius 1 is 1.41 bits per heavy atom. The van der Waals surface area contributed by atoms with E-state index in [1.54, 1.807) is 22.3 Å². The van der Waals surface area contributed by atoms with Gasteiger partial charge in [-0.2, -0.15) is 14.6 Å². The van der Waals surface area contributed by atoms with Gasteiger partial charge in [-0.25, -0.2) is 0 Å². The lowest BCUT2D eigenvalue weighted by Gasteiger charge is -1.99. The van der Waals surface area contributed by atoms with Crippen molar-refractivity contribution >= 4 is 5.78 Å². The van der Waals surface area contributed by atoms with E-state index in [0.717, 1.165) is 5.56 Å². The van der Waals surface area contributed by atoms with E-state index < -0.39 is 0 Å². The van der Waals surface area contributed by atoms with E-state index in [-0.39, 0.29) is 5.56 Å². The Morgan fingerprint density at radius 3 is 2.94 bits per heavy atom. The fourth-order valence-corrected chi connectivity index (χ4v) is 1.75. The van der Waals surface area contributed by atoms with Crippen molar-refractivity contribution in [3.8, 4) is 11.3 Å². The van der Waals surface area contributed by atoms with Crippen molar-refractivity contribution in [3.05, 3.63) is 34.6 Å². The number of nitrogens with one attached hydrogen (secondary N) is 1. The highest BCUT2D eigenvalue weighted by molar-refractivity contribution is 5.59. The number of hydrogen-bond donors (Lipinski definition) is 1. The molecule has 0 bridgehead atoms. The molecule has 0 unspecified atom stereocenters. The van der Waals surface area contributed by atoms with Crippen LogP contribution < -0.4 is 5.56 Å². The number of aromatic amines is 1. The van der Waals surface area contributed by atoms with Gasteiger partial charge in [0.1, 0.15) is 5.82 Å². The molecule has 17 heavy (non-hydrogen) atoms. The van der Waals surface area contributed by atoms with Gasteiger partial charge < -0.3 is 0 Å². The molecule has 3 aromatic heterocycles. The summed E-state index contributed by atoms with van der Waals surface area (Å²) in [4.78, 5) is 18.3. The van der Waals surface area contributed by atoms with Gasteiger partial charge in [0.25, 0.3) is 5.56 Å². The number of fused-ring (bicyclic) bond motifs is 1. The highest BCUT2D eigenvalue weighted by Gasteiger charge is 2.10. The molecule has 7 nitrogen and oxygen atoms in total. The van der Waals surface area contributed by atoms with Gasteiger partial charge in [-0.1, -0.05) is 0 Å². The predicted octanol–water partition coefficient (Wildman–Crippen LogP) is 0.127. The number of aromatic nitrogens is 6. The molecule has 0 saturated carbocycles. The second-order valence-electron chi connectivity index (χ2n) is 3.82. The smallest absolute Gasteiger partial charge is 0.252 e. The molecule has 0 aliphatic carbocycles. The van der Waals surface area contributed by atoms with E-state index >= 15 is 0 Å². The second kappa shape index (κ2) is 3.27. The van der Waals surface area contributed by atoms with Crippen molar-refractivity contribution in [2.75, 3.05) is 0 Å². The summed E-state index contributed by atoms with van der Waals surface area (Å²) in [7, 11) is 1.82. The molecule has 1 N–H and O–H groups in total. The number of hydrogen-bond acceptors (Lipinski definition) is 4. The first kappa shape index (κ1) is 9.76. The third-order valence-electron chi connectivity index (χ3n) is 2.44. The Bertz CT molecular complexity index is 750. The lowest BCUT2D eigenvalue weighted by molar-refractivity contribution is 0.768. The molecule has 3 rings (SSSR count). The largest absolute Gasteiger partial charge is 0.291 e. The average Bonchev–Trinajstić information content (AvgIpc) is 2.82. The van der Waals surface area contributed by atoms with E-state index in [2.05, 4.69) is 20.2 Å². The summed E-state index contributed by atoms with van der Waals surface area (Å²) >= 11 is 0. The third kappa shape index (κ3) is 1.52. The molecule has 0 fully saturated rings. The maximum absolute atomic E-state index is 11.5. The topological polar surface area (TPSA) is 80.9 Å². The molecule has 0 spiro atoms. The Balaban J connectivity index is 2.38. The van der Waals surface area contributed by atoms with Gasteiger partial charge in [0.2, 0.25) is 5.78 Å². The SMILES string of the molecule is Cc1nc2[nH]c(=O)cc(-c3cnn(C)c3)n2n1. The van der Waals surface area contributed by atoms with Crippen molar-refractivity contribution in [2.24, 2.45) is 7.05 Å². The summed E-state index contributed by atoms with van der Waals surface area (Å²) in [6, 6.07) is 1.48. The summed E-state index contributed by atoms with van der Waals surface area (Å²) in [5.41, 5.74) is 1.30. The number of aryl methyl sites for hydroxylation is 2. The standard InChI is InChI=1S/C10H10N6O/c1-6-12-10-13-9(17)3-8(16(10)14-6)7-4-11-15(2)5-7/h3-5H,1-2H3,(H,12,13,14,17). The monoisotopic (exact) mass is 230 g/mol. The van der Waals surface area contributed by atoms with E-state index in [9.17, 15) is 4.79 Å². The predicted molar refractivity (Wildman–Crippen MR) is 60.5 cm³/mol. The highest BCUT2D eigenvalue weighted by Crippen LogP contribution is 2.16. The molecule has 0 aliphatic rings. The maximum Gasteiger partial charge on any atom is 0.252 e. The summed E-state index contributed by atoms with van der Waals surface area (Å²) < 4.78 is 3.28. The lowest BCUT2D eigenvalue weighted by atomic mass is 10.2. The Hall–Kier alpha value is -2.44. The van der Waals surface area contributed by atoms with Crippen LogP contribution in [0.3, 0.4) is 0 Å². The van der Waals surface area contributed by atoms with E-state index in [1.165, 1.54) is 6.07 Å². The minimum absolute atomic E-state index is 0.205. The van der Waals surface area contributed by atoms with Crippen LogP contribution in [-0.2, 0) is 7.05 Å². The van der Waals surface area contributed by atoms with Crippen LogP contribution in [0.15, 0.2) is 23.3 Å². The van der Waals surface area contributed by atoms with Gasteiger partial charge in [0.05, 0.1) is 11.9 Å². The van der Waals surface area contributed by atoms with Gasteiger partial charge in [-0.15, -0.1) is 5.10 Å². The third-order valence-corrected chi connectivity index (χ3v) is 2.44. The summed E-state index contributed by atoms with van der Waals surface area (Å²) in [5.74, 6) is 1.05. The summed E-state index contributed by atoms with van der Waals surface area (Å²) in [6.07, 6.45) is 3.51. The van der Waals surface area contributed by atoms with Gasteiger partial charge in [0.15, 0.2) is 0 Å². The molecule has 0 atom stereocenters. The van der Waals surface area contributed by atoms with E-state index in [1.807, 2.05) is 13.2 Å². The Morgan fingerprint density at radius 2 is 2.24 bits per heavy atom. The van der Waals surface area contributed by atoms with Crippen LogP contribution in [0.5, 0.6) is 0 Å². The van der Waals surface area contributed by atoms with Crippen LogP contribution in [-0.4, -0.2) is 29.4 Å². The molecule has 3 aromatic rings. The van der Waals surface area contributed by atoms with Crippen molar-refractivity contribution in [2.45, 2.75) is 6.92 Å². The minimum atomic E-state index is -0.205. The fraction of sp³-hybridized carbons (Fsp3) is 0.200. The van der Waals surface area contributed by atoms with Gasteiger partial charge >= 0.3 is 0 Å². The minimum Gasteiger partial charge on any atom is -0.291 e. The van der Waals surface area contributed by atoms with Gasteiger partial charge in [-0.05, 0) is 6.92 Å². The molecule has 0 amide bonds. The number of rotatable bonds is 1. The molecule has 86 valence electrons. The fourth-order valence-electron chi connectivity index (χ4n) is 1.75. The van der Waals surface area contributed by atoms with Crippen LogP contribution in [0.4, 0.5) is 0 Å². The average molecular weight is 230 g/mol. The first-order valence-corrected chi connectivity index (χ1v) is 5.09. The molecule has 0 aliphatic heterocycles. The summed E-state index contributed by atoms with van der Waals surface area (Å²) in [6.45, 7) is 1.78. The van der Waals surface area contributed by atoms with Crippen LogP contribution in [0.25, 0.3) is 17.0 Å². The van der Waals surface area contributed by atoms with Gasteiger partial charge in [-0.3, -0.25) is 14.5 Å². The van der Waals surface area contributed by atoms with Crippen LogP contribution in [0.1, 0.15) is 5.82 Å². The first-order chi connectivity index (χ1) is 8.13. The lowest BCUT2D eigenvalue weighted by Crippen LogP contribution is -2.09. The highest BCUT2D eigenvalue weighted by atomic mass is 16.1. The quantitative estimate of drug-likeness (QED) is 0.644. The molecular formula is C10H10N6O. The zero-order valence-corrected chi connectivity index (χ0v) is 9.38. The van der Waals surface area contributed by atoms with Crippen molar-refractivity contribution in [3.63, 3.8) is 0 Å².